The van der Waals surface area contributed by atoms with Crippen molar-refractivity contribution in [2.24, 2.45) is 11.7 Å². The van der Waals surface area contributed by atoms with Crippen molar-refractivity contribution in [2.75, 3.05) is 39.4 Å². The van der Waals surface area contributed by atoms with Crippen LogP contribution >= 0.6 is 0 Å². The molecule has 1 saturated heterocycles. The quantitative estimate of drug-likeness (QED) is 0.169. The fourth-order valence-electron chi connectivity index (χ4n) is 6.93. The second-order valence-corrected chi connectivity index (χ2v) is 14.8. The minimum Gasteiger partial charge on any atom is -0.491 e. The Hall–Kier alpha value is -4.49. The molecule has 3 aromatic carbocycles. The van der Waals surface area contributed by atoms with E-state index in [0.717, 1.165) is 22.3 Å². The molecule has 12 heteroatoms. The highest BCUT2D eigenvalue weighted by molar-refractivity contribution is 5.83. The number of fused-ring (bicyclic) bond motifs is 1. The molecule has 1 aliphatic carbocycles. The number of aliphatic hydroxyl groups is 2. The average molecular weight is 716 g/mol. The smallest absolute Gasteiger partial charge is 0.410 e. The van der Waals surface area contributed by atoms with E-state index in [1.165, 1.54) is 0 Å². The summed E-state index contributed by atoms with van der Waals surface area (Å²) in [6, 6.07) is 22.9. The van der Waals surface area contributed by atoms with E-state index in [-0.39, 0.29) is 38.2 Å². The third-order valence-electron chi connectivity index (χ3n) is 9.45. The standard InChI is InChI=1S/C40H53N5O7/c1-40(2,3)43-38(49)34-25-45(39(50)52-26-28-9-5-4-6-10-28)18-17-44(34)24-31(41)22-30(21-27-13-15-32(16-14-27)51-20-19-46)37(48)42-36-33-12-8-7-11-29(33)23-35(36)47/h4-16,30-31,34-36,46-47H,17-26,41H2,1-3H3,(H,42,48)(H,43,49)/t30-,31-,34-,35+,36-/m0/s1. The van der Waals surface area contributed by atoms with Crippen molar-refractivity contribution < 1.29 is 34.1 Å². The summed E-state index contributed by atoms with van der Waals surface area (Å²) in [6.45, 7) is 7.15. The van der Waals surface area contributed by atoms with Gasteiger partial charge in [-0.15, -0.1) is 0 Å². The normalized spacial score (nSPS) is 20.0. The number of piperazine rings is 1. The maximum Gasteiger partial charge on any atom is 0.410 e. The third kappa shape index (κ3) is 10.8. The van der Waals surface area contributed by atoms with Crippen LogP contribution in [0.3, 0.4) is 0 Å². The van der Waals surface area contributed by atoms with Crippen LogP contribution < -0.4 is 21.1 Å². The zero-order valence-electron chi connectivity index (χ0n) is 30.4. The van der Waals surface area contributed by atoms with Crippen LogP contribution in [0.1, 0.15) is 55.5 Å². The van der Waals surface area contributed by atoms with Gasteiger partial charge in [-0.1, -0.05) is 66.7 Å². The van der Waals surface area contributed by atoms with Gasteiger partial charge in [0.05, 0.1) is 18.8 Å². The predicted molar refractivity (Wildman–Crippen MR) is 197 cm³/mol. The van der Waals surface area contributed by atoms with Crippen LogP contribution in [0.4, 0.5) is 4.79 Å². The minimum atomic E-state index is -0.739. The van der Waals surface area contributed by atoms with Gasteiger partial charge in [0.1, 0.15) is 25.0 Å². The summed E-state index contributed by atoms with van der Waals surface area (Å²) in [7, 11) is 0. The maximum absolute atomic E-state index is 14.0. The van der Waals surface area contributed by atoms with Gasteiger partial charge in [0, 0.05) is 50.1 Å². The Balaban J connectivity index is 1.29. The molecule has 0 radical (unpaired) electrons. The van der Waals surface area contributed by atoms with Gasteiger partial charge in [0.2, 0.25) is 11.8 Å². The molecule has 2 aliphatic rings. The summed E-state index contributed by atoms with van der Waals surface area (Å²) in [4.78, 5) is 44.4. The molecule has 5 atom stereocenters. The molecule has 1 heterocycles. The van der Waals surface area contributed by atoms with Crippen molar-refractivity contribution in [3.8, 4) is 5.75 Å². The summed E-state index contributed by atoms with van der Waals surface area (Å²) in [5, 5.41) is 26.2. The number of hydrogen-bond acceptors (Lipinski definition) is 9. The molecule has 0 unspecified atom stereocenters. The van der Waals surface area contributed by atoms with E-state index in [1.807, 2.05) is 92.4 Å². The van der Waals surface area contributed by atoms with Gasteiger partial charge in [-0.25, -0.2) is 4.79 Å². The number of carbonyl (C=O) groups is 3. The highest BCUT2D eigenvalue weighted by atomic mass is 16.6. The molecule has 1 fully saturated rings. The monoisotopic (exact) mass is 715 g/mol. The fraction of sp³-hybridized carbons (Fsp3) is 0.475. The Bertz CT molecular complexity index is 1630. The first kappa shape index (κ1) is 38.7. The van der Waals surface area contributed by atoms with Gasteiger partial charge < -0.3 is 41.0 Å². The third-order valence-corrected chi connectivity index (χ3v) is 9.45. The van der Waals surface area contributed by atoms with Crippen LogP contribution in [0.25, 0.3) is 0 Å². The van der Waals surface area contributed by atoms with E-state index in [4.69, 9.17) is 20.3 Å². The molecule has 0 spiro atoms. The highest BCUT2D eigenvalue weighted by Crippen LogP contribution is 2.32. The Morgan fingerprint density at radius 2 is 1.67 bits per heavy atom. The number of nitrogens with one attached hydrogen (secondary N) is 2. The highest BCUT2D eigenvalue weighted by Gasteiger charge is 2.38. The summed E-state index contributed by atoms with van der Waals surface area (Å²) in [6.07, 6.45) is -0.0618. The summed E-state index contributed by atoms with van der Waals surface area (Å²) >= 11 is 0. The lowest BCUT2D eigenvalue weighted by atomic mass is 9.91. The molecule has 5 rings (SSSR count). The first-order valence-corrected chi connectivity index (χ1v) is 18.1. The van der Waals surface area contributed by atoms with Crippen LogP contribution in [0.5, 0.6) is 5.75 Å². The molecule has 3 amide bonds. The van der Waals surface area contributed by atoms with Gasteiger partial charge >= 0.3 is 6.09 Å². The van der Waals surface area contributed by atoms with Crippen molar-refractivity contribution in [3.05, 3.63) is 101 Å². The largest absolute Gasteiger partial charge is 0.491 e. The SMILES string of the molecule is CC(C)(C)NC(=O)[C@@H]1CN(C(=O)OCc2ccccc2)CCN1C[C@@H](N)C[C@H](Cc1ccc(OCCO)cc1)C(=O)N[C@H]1c2ccccc2C[C@H]1O. The Morgan fingerprint density at radius 1 is 0.962 bits per heavy atom. The molecule has 52 heavy (non-hydrogen) atoms. The second kappa shape index (κ2) is 17.8. The zero-order chi connectivity index (χ0) is 37.3. The zero-order valence-corrected chi connectivity index (χ0v) is 30.4. The number of benzene rings is 3. The van der Waals surface area contributed by atoms with Crippen molar-refractivity contribution >= 4 is 17.9 Å². The van der Waals surface area contributed by atoms with Crippen LogP contribution in [-0.2, 0) is 33.8 Å². The molecular weight excluding hydrogens is 662 g/mol. The number of ether oxygens (including phenoxy) is 2. The van der Waals surface area contributed by atoms with E-state index >= 15 is 0 Å². The Morgan fingerprint density at radius 3 is 2.38 bits per heavy atom. The van der Waals surface area contributed by atoms with Crippen molar-refractivity contribution in [3.63, 3.8) is 0 Å². The molecule has 0 saturated carbocycles. The van der Waals surface area contributed by atoms with Gasteiger partial charge in [0.25, 0.3) is 0 Å². The van der Waals surface area contributed by atoms with Gasteiger partial charge in [-0.05, 0) is 68.0 Å². The van der Waals surface area contributed by atoms with E-state index in [0.29, 0.717) is 44.6 Å². The molecule has 6 N–H and O–H groups in total. The molecule has 12 nitrogen and oxygen atoms in total. The minimum absolute atomic E-state index is 0.0931. The molecule has 3 aromatic rings. The van der Waals surface area contributed by atoms with Crippen LogP contribution in [0.2, 0.25) is 0 Å². The molecular formula is C40H53N5O7. The lowest BCUT2D eigenvalue weighted by Crippen LogP contribution is -2.63. The van der Waals surface area contributed by atoms with Gasteiger partial charge in [0.15, 0.2) is 0 Å². The van der Waals surface area contributed by atoms with Crippen molar-refractivity contribution in [2.45, 2.75) is 76.4 Å². The van der Waals surface area contributed by atoms with E-state index in [9.17, 15) is 19.5 Å². The second-order valence-electron chi connectivity index (χ2n) is 14.8. The number of amides is 3. The first-order valence-electron chi connectivity index (χ1n) is 18.1. The topological polar surface area (TPSA) is 167 Å². The summed E-state index contributed by atoms with van der Waals surface area (Å²) < 4.78 is 11.1. The van der Waals surface area contributed by atoms with E-state index in [1.54, 1.807) is 17.0 Å². The summed E-state index contributed by atoms with van der Waals surface area (Å²) in [5.74, 6) is -0.365. The number of aliphatic hydroxyl groups excluding tert-OH is 2. The first-order chi connectivity index (χ1) is 24.9. The van der Waals surface area contributed by atoms with Crippen LogP contribution in [-0.4, -0.2) is 101 Å². The van der Waals surface area contributed by atoms with Crippen molar-refractivity contribution in [1.29, 1.82) is 0 Å². The lowest BCUT2D eigenvalue weighted by molar-refractivity contribution is -0.130. The molecule has 0 bridgehead atoms. The van der Waals surface area contributed by atoms with Gasteiger partial charge in [-0.3, -0.25) is 14.5 Å². The molecule has 280 valence electrons. The molecule has 1 aliphatic heterocycles. The number of carbonyl (C=O) groups excluding carboxylic acids is 3. The Kier molecular flexibility index (Phi) is 13.3. The lowest BCUT2D eigenvalue weighted by Gasteiger charge is -2.42. The number of rotatable bonds is 14. The van der Waals surface area contributed by atoms with E-state index < -0.39 is 41.8 Å². The predicted octanol–water partition coefficient (Wildman–Crippen LogP) is 2.95. The maximum atomic E-state index is 14.0. The average Bonchev–Trinajstić information content (AvgIpc) is 3.43. The van der Waals surface area contributed by atoms with Gasteiger partial charge in [-0.2, -0.15) is 0 Å². The number of nitrogens with two attached hydrogens (primary N) is 1. The fourth-order valence-corrected chi connectivity index (χ4v) is 6.93. The molecule has 0 aromatic heterocycles. The summed E-state index contributed by atoms with van der Waals surface area (Å²) in [5.41, 5.74) is 10.0. The number of nitrogens with zero attached hydrogens (tertiary/aromatic N) is 2. The van der Waals surface area contributed by atoms with Crippen LogP contribution in [0.15, 0.2) is 78.9 Å². The van der Waals surface area contributed by atoms with Crippen LogP contribution in [0, 0.1) is 5.92 Å². The number of hydrogen-bond donors (Lipinski definition) is 5. The Labute approximate surface area is 306 Å². The van der Waals surface area contributed by atoms with Crippen molar-refractivity contribution in [1.82, 2.24) is 20.4 Å². The van der Waals surface area contributed by atoms with E-state index in [2.05, 4.69) is 10.6 Å².